The molecule has 1 aliphatic heterocycles. The van der Waals surface area contributed by atoms with Crippen molar-refractivity contribution in [1.82, 2.24) is 25.2 Å². The Morgan fingerprint density at radius 1 is 1.17 bits per heavy atom. The minimum absolute atomic E-state index is 0.123. The van der Waals surface area contributed by atoms with E-state index in [9.17, 15) is 4.79 Å². The minimum Gasteiger partial charge on any atom is -0.382 e. The number of aryl methyl sites for hydroxylation is 1. The van der Waals surface area contributed by atoms with Gasteiger partial charge in [-0.05, 0) is 38.6 Å². The van der Waals surface area contributed by atoms with Crippen molar-refractivity contribution in [2.24, 2.45) is 0 Å². The summed E-state index contributed by atoms with van der Waals surface area (Å²) in [7, 11) is 2.15. The van der Waals surface area contributed by atoms with Gasteiger partial charge in [-0.3, -0.25) is 4.79 Å². The predicted molar refractivity (Wildman–Crippen MR) is 118 cm³/mol. The number of rotatable bonds is 4. The molecule has 3 N–H and O–H groups in total. The zero-order valence-electron chi connectivity index (χ0n) is 17.4. The third-order valence-corrected chi connectivity index (χ3v) is 5.50. The molecule has 0 unspecified atom stereocenters. The SMILES string of the molecule is Cc1cccc2cc(CNC(=O)c3nccnc3N)c(N3CCCN(C)CC3)nc12. The topological polar surface area (TPSA) is 100 Å². The second-order valence-corrected chi connectivity index (χ2v) is 7.73. The summed E-state index contributed by atoms with van der Waals surface area (Å²) in [6, 6.07) is 8.29. The number of para-hydroxylation sites is 1. The van der Waals surface area contributed by atoms with Crippen molar-refractivity contribution in [3.05, 3.63) is 53.5 Å². The molecule has 3 heterocycles. The predicted octanol–water partition coefficient (Wildman–Crippen LogP) is 1.99. The van der Waals surface area contributed by atoms with Crippen LogP contribution in [0.3, 0.4) is 0 Å². The van der Waals surface area contributed by atoms with Crippen molar-refractivity contribution in [1.29, 1.82) is 0 Å². The summed E-state index contributed by atoms with van der Waals surface area (Å²) >= 11 is 0. The summed E-state index contributed by atoms with van der Waals surface area (Å²) in [4.78, 5) is 30.3. The molecule has 1 saturated heterocycles. The summed E-state index contributed by atoms with van der Waals surface area (Å²) in [6.45, 7) is 6.31. The Balaban J connectivity index is 1.66. The van der Waals surface area contributed by atoms with E-state index >= 15 is 0 Å². The first-order chi connectivity index (χ1) is 14.5. The van der Waals surface area contributed by atoms with Crippen molar-refractivity contribution < 1.29 is 4.79 Å². The number of anilines is 2. The Hall–Kier alpha value is -3.26. The van der Waals surface area contributed by atoms with Crippen LogP contribution < -0.4 is 16.0 Å². The van der Waals surface area contributed by atoms with E-state index < -0.39 is 0 Å². The van der Waals surface area contributed by atoms with Gasteiger partial charge in [0.05, 0.1) is 5.52 Å². The Labute approximate surface area is 176 Å². The first-order valence-corrected chi connectivity index (χ1v) is 10.2. The Bertz CT molecular complexity index is 1070. The maximum atomic E-state index is 12.6. The van der Waals surface area contributed by atoms with Crippen LogP contribution in [-0.4, -0.2) is 59.0 Å². The lowest BCUT2D eigenvalue weighted by Gasteiger charge is -2.25. The molecule has 156 valence electrons. The first-order valence-electron chi connectivity index (χ1n) is 10.2. The molecule has 0 bridgehead atoms. The van der Waals surface area contributed by atoms with E-state index in [0.717, 1.165) is 60.4 Å². The van der Waals surface area contributed by atoms with E-state index in [-0.39, 0.29) is 17.4 Å². The van der Waals surface area contributed by atoms with E-state index in [1.165, 1.54) is 12.4 Å². The number of nitrogens with one attached hydrogen (secondary N) is 1. The number of nitrogen functional groups attached to an aromatic ring is 1. The van der Waals surface area contributed by atoms with Crippen LogP contribution in [0.25, 0.3) is 10.9 Å². The second-order valence-electron chi connectivity index (χ2n) is 7.73. The number of nitrogens with two attached hydrogens (primary N) is 1. The van der Waals surface area contributed by atoms with Crippen LogP contribution in [0, 0.1) is 6.92 Å². The lowest BCUT2D eigenvalue weighted by Crippen LogP contribution is -2.32. The molecule has 2 aromatic heterocycles. The molecule has 30 heavy (non-hydrogen) atoms. The lowest BCUT2D eigenvalue weighted by atomic mass is 10.1. The molecule has 0 saturated carbocycles. The zero-order valence-corrected chi connectivity index (χ0v) is 17.4. The number of nitrogens with zero attached hydrogens (tertiary/aromatic N) is 5. The van der Waals surface area contributed by atoms with Crippen LogP contribution in [0.2, 0.25) is 0 Å². The highest BCUT2D eigenvalue weighted by molar-refractivity contribution is 5.96. The second kappa shape index (κ2) is 8.62. The average molecular weight is 406 g/mol. The van der Waals surface area contributed by atoms with Gasteiger partial charge in [0.2, 0.25) is 0 Å². The van der Waals surface area contributed by atoms with Crippen LogP contribution in [0.15, 0.2) is 36.7 Å². The van der Waals surface area contributed by atoms with Crippen molar-refractivity contribution in [3.63, 3.8) is 0 Å². The van der Waals surface area contributed by atoms with Crippen LogP contribution in [0.1, 0.15) is 28.0 Å². The standard InChI is InChI=1S/C22H27N7O/c1-15-5-3-6-16-13-17(14-26-22(30)19-20(23)25-8-7-24-19)21(27-18(15)16)29-10-4-9-28(2)11-12-29/h3,5-8,13H,4,9-12,14H2,1-2H3,(H2,23,25)(H,26,30). The number of pyridine rings is 1. The summed E-state index contributed by atoms with van der Waals surface area (Å²) < 4.78 is 0. The van der Waals surface area contributed by atoms with Gasteiger partial charge in [-0.25, -0.2) is 15.0 Å². The van der Waals surface area contributed by atoms with Crippen molar-refractivity contribution in [3.8, 4) is 0 Å². The lowest BCUT2D eigenvalue weighted by molar-refractivity contribution is 0.0946. The molecule has 0 spiro atoms. The molecule has 4 rings (SSSR count). The molecule has 3 aromatic rings. The van der Waals surface area contributed by atoms with Gasteiger partial charge in [-0.15, -0.1) is 0 Å². The average Bonchev–Trinajstić information content (AvgIpc) is 2.96. The van der Waals surface area contributed by atoms with Gasteiger partial charge in [0.1, 0.15) is 5.82 Å². The van der Waals surface area contributed by atoms with Gasteiger partial charge in [-0.2, -0.15) is 0 Å². The molecule has 8 nitrogen and oxygen atoms in total. The number of benzene rings is 1. The highest BCUT2D eigenvalue weighted by atomic mass is 16.1. The number of likely N-dealkylation sites (N-methyl/N-ethyl adjacent to an activating group) is 1. The summed E-state index contributed by atoms with van der Waals surface area (Å²) in [5, 5.41) is 4.00. The number of aromatic nitrogens is 3. The molecule has 1 amide bonds. The van der Waals surface area contributed by atoms with Gasteiger partial charge in [-0.1, -0.05) is 18.2 Å². The zero-order chi connectivity index (χ0) is 21.1. The number of amides is 1. The van der Waals surface area contributed by atoms with Crippen molar-refractivity contribution in [2.75, 3.05) is 43.9 Å². The normalized spacial score (nSPS) is 15.2. The minimum atomic E-state index is -0.341. The molecule has 8 heteroatoms. The fourth-order valence-electron chi connectivity index (χ4n) is 3.83. The van der Waals surface area contributed by atoms with Gasteiger partial charge in [0.15, 0.2) is 11.5 Å². The van der Waals surface area contributed by atoms with E-state index in [1.54, 1.807) is 0 Å². The van der Waals surface area contributed by atoms with Gasteiger partial charge in [0, 0.05) is 49.5 Å². The van der Waals surface area contributed by atoms with E-state index in [4.69, 9.17) is 10.7 Å². The third-order valence-electron chi connectivity index (χ3n) is 5.50. The first kappa shape index (κ1) is 20.0. The molecule has 0 aliphatic carbocycles. The Morgan fingerprint density at radius 2 is 2.00 bits per heavy atom. The summed E-state index contributed by atoms with van der Waals surface area (Å²) in [6.07, 6.45) is 4.01. The smallest absolute Gasteiger partial charge is 0.273 e. The van der Waals surface area contributed by atoms with Crippen molar-refractivity contribution >= 4 is 28.4 Å². The molecular formula is C22H27N7O. The van der Waals surface area contributed by atoms with Crippen LogP contribution in [0.5, 0.6) is 0 Å². The third kappa shape index (κ3) is 4.18. The molecule has 1 aromatic carbocycles. The fourth-order valence-corrected chi connectivity index (χ4v) is 3.83. The van der Waals surface area contributed by atoms with Gasteiger partial charge >= 0.3 is 0 Å². The van der Waals surface area contributed by atoms with Gasteiger partial charge in [0.25, 0.3) is 5.91 Å². The fraction of sp³-hybridized carbons (Fsp3) is 0.364. The molecule has 1 fully saturated rings. The van der Waals surface area contributed by atoms with Crippen LogP contribution >= 0.6 is 0 Å². The largest absolute Gasteiger partial charge is 0.382 e. The maximum absolute atomic E-state index is 12.6. The number of fused-ring (bicyclic) bond motifs is 1. The van der Waals surface area contributed by atoms with Crippen LogP contribution in [-0.2, 0) is 6.54 Å². The highest BCUT2D eigenvalue weighted by Crippen LogP contribution is 2.26. The van der Waals surface area contributed by atoms with Gasteiger partial charge < -0.3 is 20.9 Å². The monoisotopic (exact) mass is 405 g/mol. The molecule has 0 atom stereocenters. The Morgan fingerprint density at radius 3 is 2.83 bits per heavy atom. The number of carbonyl (C=O) groups excluding carboxylic acids is 1. The van der Waals surface area contributed by atoms with E-state index in [0.29, 0.717) is 6.54 Å². The van der Waals surface area contributed by atoms with Crippen LogP contribution in [0.4, 0.5) is 11.6 Å². The van der Waals surface area contributed by atoms with E-state index in [2.05, 4.69) is 57.3 Å². The summed E-state index contributed by atoms with van der Waals surface area (Å²) in [5.74, 6) is 0.712. The molecular weight excluding hydrogens is 378 g/mol. The number of carbonyl (C=O) groups is 1. The summed E-state index contributed by atoms with van der Waals surface area (Å²) in [5.41, 5.74) is 9.06. The maximum Gasteiger partial charge on any atom is 0.273 e. The molecule has 1 aliphatic rings. The highest BCUT2D eigenvalue weighted by Gasteiger charge is 2.19. The Kier molecular flexibility index (Phi) is 5.76. The quantitative estimate of drug-likeness (QED) is 0.685. The number of hydrogen-bond donors (Lipinski definition) is 2. The van der Waals surface area contributed by atoms with Crippen molar-refractivity contribution in [2.45, 2.75) is 19.9 Å². The number of hydrogen-bond acceptors (Lipinski definition) is 7. The van der Waals surface area contributed by atoms with E-state index in [1.807, 2.05) is 6.07 Å². The molecule has 0 radical (unpaired) electrons.